The van der Waals surface area contributed by atoms with Crippen molar-refractivity contribution in [2.24, 2.45) is 5.41 Å². The van der Waals surface area contributed by atoms with E-state index in [0.717, 1.165) is 5.56 Å². The van der Waals surface area contributed by atoms with Crippen LogP contribution in [0.1, 0.15) is 24.0 Å². The number of carbonyl (C=O) groups excluding carboxylic acids is 2. The predicted molar refractivity (Wildman–Crippen MR) is 94.8 cm³/mol. The van der Waals surface area contributed by atoms with E-state index in [4.69, 9.17) is 16.9 Å². The first-order valence-corrected chi connectivity index (χ1v) is 8.26. The number of anilines is 1. The molecular weight excluding hydrogens is 338 g/mol. The van der Waals surface area contributed by atoms with Crippen LogP contribution in [0.3, 0.4) is 0 Å². The van der Waals surface area contributed by atoms with Gasteiger partial charge in [0.2, 0.25) is 11.8 Å². The van der Waals surface area contributed by atoms with Gasteiger partial charge in [0, 0.05) is 11.6 Å². The van der Waals surface area contributed by atoms with E-state index in [2.05, 4.69) is 10.6 Å². The maximum atomic E-state index is 12.6. The molecule has 0 saturated heterocycles. The van der Waals surface area contributed by atoms with Crippen LogP contribution in [0.4, 0.5) is 5.69 Å². The minimum Gasteiger partial charge on any atom is -0.351 e. The summed E-state index contributed by atoms with van der Waals surface area (Å²) in [5.41, 5.74) is 0.651. The summed E-state index contributed by atoms with van der Waals surface area (Å²) < 4.78 is 0. The number of hydrogen-bond acceptors (Lipinski definition) is 3. The lowest BCUT2D eigenvalue weighted by Crippen LogP contribution is -2.39. The molecule has 2 aromatic rings. The molecule has 0 radical (unpaired) electrons. The molecule has 2 N–H and O–H groups in total. The van der Waals surface area contributed by atoms with E-state index in [1.165, 1.54) is 0 Å². The molecule has 2 amide bonds. The zero-order chi connectivity index (χ0) is 17.9. The van der Waals surface area contributed by atoms with Gasteiger partial charge in [-0.25, -0.2) is 0 Å². The van der Waals surface area contributed by atoms with Gasteiger partial charge in [-0.2, -0.15) is 5.26 Å². The molecule has 0 unspecified atom stereocenters. The number of carbonyl (C=O) groups is 2. The van der Waals surface area contributed by atoms with Gasteiger partial charge in [-0.15, -0.1) is 0 Å². The monoisotopic (exact) mass is 353 g/mol. The van der Waals surface area contributed by atoms with Crippen molar-refractivity contribution >= 4 is 29.1 Å². The molecule has 1 aliphatic rings. The second-order valence-electron chi connectivity index (χ2n) is 6.00. The van der Waals surface area contributed by atoms with Gasteiger partial charge in [-0.3, -0.25) is 9.59 Å². The van der Waals surface area contributed by atoms with Crippen molar-refractivity contribution in [2.45, 2.75) is 19.4 Å². The molecule has 0 bridgehead atoms. The maximum absolute atomic E-state index is 12.6. The summed E-state index contributed by atoms with van der Waals surface area (Å²) in [5, 5.41) is 15.2. The van der Waals surface area contributed by atoms with Gasteiger partial charge >= 0.3 is 0 Å². The highest BCUT2D eigenvalue weighted by Gasteiger charge is 2.56. The Morgan fingerprint density at radius 2 is 1.76 bits per heavy atom. The summed E-state index contributed by atoms with van der Waals surface area (Å²) in [6, 6.07) is 15.9. The van der Waals surface area contributed by atoms with Gasteiger partial charge in [0.1, 0.15) is 11.5 Å². The van der Waals surface area contributed by atoms with Crippen LogP contribution in [0.5, 0.6) is 0 Å². The van der Waals surface area contributed by atoms with Gasteiger partial charge in [-0.05, 0) is 42.7 Å². The predicted octanol–water partition coefficient (Wildman–Crippen LogP) is 3.25. The number of rotatable bonds is 5. The van der Waals surface area contributed by atoms with Gasteiger partial charge in [0.05, 0.1) is 11.3 Å². The largest absolute Gasteiger partial charge is 0.351 e. The average Bonchev–Trinajstić information content (AvgIpc) is 3.43. The highest BCUT2D eigenvalue weighted by atomic mass is 35.5. The number of amides is 2. The molecule has 0 atom stereocenters. The van der Waals surface area contributed by atoms with Crippen molar-refractivity contribution in [1.29, 1.82) is 5.26 Å². The second-order valence-corrected chi connectivity index (χ2v) is 6.44. The fourth-order valence-corrected chi connectivity index (χ4v) is 2.69. The molecule has 0 spiro atoms. The standard InChI is InChI=1S/C19H16ClN3O2/c20-15-7-5-13(6-8-15)12-22-17(24)19(9-10-19)18(25)23-16-4-2-1-3-14(16)11-21/h1-8H,9-10,12H2,(H,22,24)(H,23,25). The molecule has 2 aromatic carbocycles. The number of para-hydroxylation sites is 1. The van der Waals surface area contributed by atoms with E-state index in [9.17, 15) is 9.59 Å². The fourth-order valence-electron chi connectivity index (χ4n) is 2.57. The summed E-state index contributed by atoms with van der Waals surface area (Å²) in [6.07, 6.45) is 1.00. The van der Waals surface area contributed by atoms with E-state index in [0.29, 0.717) is 35.7 Å². The van der Waals surface area contributed by atoms with E-state index >= 15 is 0 Å². The first-order valence-electron chi connectivity index (χ1n) is 7.88. The number of hydrogen-bond donors (Lipinski definition) is 2. The summed E-state index contributed by atoms with van der Waals surface area (Å²) in [6.45, 7) is 0.333. The molecule has 0 heterocycles. The molecule has 25 heavy (non-hydrogen) atoms. The highest BCUT2D eigenvalue weighted by molar-refractivity contribution is 6.30. The molecule has 5 nitrogen and oxygen atoms in total. The number of nitrogens with one attached hydrogen (secondary N) is 2. The lowest BCUT2D eigenvalue weighted by molar-refractivity contribution is -0.134. The Morgan fingerprint density at radius 3 is 2.40 bits per heavy atom. The maximum Gasteiger partial charge on any atom is 0.240 e. The highest BCUT2D eigenvalue weighted by Crippen LogP contribution is 2.47. The van der Waals surface area contributed by atoms with Crippen LogP contribution < -0.4 is 10.6 Å². The third kappa shape index (κ3) is 3.65. The van der Waals surface area contributed by atoms with Crippen molar-refractivity contribution in [1.82, 2.24) is 5.32 Å². The first-order chi connectivity index (χ1) is 12.0. The van der Waals surface area contributed by atoms with Crippen molar-refractivity contribution in [3.8, 4) is 6.07 Å². The Bertz CT molecular complexity index is 852. The molecule has 1 aliphatic carbocycles. The minimum absolute atomic E-state index is 0.297. The third-order valence-electron chi connectivity index (χ3n) is 4.28. The fraction of sp³-hybridized carbons (Fsp3) is 0.211. The Balaban J connectivity index is 1.64. The Morgan fingerprint density at radius 1 is 1.08 bits per heavy atom. The van der Waals surface area contributed by atoms with E-state index in [1.807, 2.05) is 18.2 Å². The van der Waals surface area contributed by atoms with Gasteiger partial charge in [-0.1, -0.05) is 35.9 Å². The number of nitriles is 1. The van der Waals surface area contributed by atoms with Crippen LogP contribution in [-0.2, 0) is 16.1 Å². The van der Waals surface area contributed by atoms with E-state index in [-0.39, 0.29) is 11.8 Å². The third-order valence-corrected chi connectivity index (χ3v) is 4.53. The smallest absolute Gasteiger partial charge is 0.240 e. The summed E-state index contributed by atoms with van der Waals surface area (Å²) in [5.74, 6) is -0.668. The van der Waals surface area contributed by atoms with Gasteiger partial charge < -0.3 is 10.6 Å². The summed E-state index contributed by atoms with van der Waals surface area (Å²) >= 11 is 5.84. The molecule has 3 rings (SSSR count). The zero-order valence-electron chi connectivity index (χ0n) is 13.4. The molecule has 0 aliphatic heterocycles. The van der Waals surface area contributed by atoms with E-state index < -0.39 is 5.41 Å². The van der Waals surface area contributed by atoms with E-state index in [1.54, 1.807) is 36.4 Å². The van der Waals surface area contributed by atoms with Gasteiger partial charge in [0.25, 0.3) is 0 Å². The van der Waals surface area contributed by atoms with Crippen LogP contribution in [0.15, 0.2) is 48.5 Å². The van der Waals surface area contributed by atoms with Gasteiger partial charge in [0.15, 0.2) is 0 Å². The van der Waals surface area contributed by atoms with Crippen molar-refractivity contribution in [3.05, 3.63) is 64.7 Å². The first kappa shape index (κ1) is 17.0. The minimum atomic E-state index is -1.05. The molecular formula is C19H16ClN3O2. The van der Waals surface area contributed by atoms with Crippen LogP contribution in [0, 0.1) is 16.7 Å². The average molecular weight is 354 g/mol. The van der Waals surface area contributed by atoms with Crippen LogP contribution in [-0.4, -0.2) is 11.8 Å². The van der Waals surface area contributed by atoms with Crippen LogP contribution >= 0.6 is 11.6 Å². The van der Waals surface area contributed by atoms with Crippen LogP contribution in [0.25, 0.3) is 0 Å². The summed E-state index contributed by atoms with van der Waals surface area (Å²) in [7, 11) is 0. The number of halogens is 1. The van der Waals surface area contributed by atoms with Crippen LogP contribution in [0.2, 0.25) is 5.02 Å². The SMILES string of the molecule is N#Cc1ccccc1NC(=O)C1(C(=O)NCc2ccc(Cl)cc2)CC1. The Hall–Kier alpha value is -2.84. The quantitative estimate of drug-likeness (QED) is 0.809. The Labute approximate surface area is 150 Å². The topological polar surface area (TPSA) is 82.0 Å². The lowest BCUT2D eigenvalue weighted by Gasteiger charge is -2.16. The molecule has 1 fully saturated rings. The normalized spacial score (nSPS) is 14.2. The molecule has 0 aromatic heterocycles. The second kappa shape index (κ2) is 6.96. The van der Waals surface area contributed by atoms with Crippen molar-refractivity contribution < 1.29 is 9.59 Å². The molecule has 6 heteroatoms. The number of benzene rings is 2. The number of nitrogens with zero attached hydrogens (tertiary/aromatic N) is 1. The molecule has 1 saturated carbocycles. The Kier molecular flexibility index (Phi) is 4.73. The zero-order valence-corrected chi connectivity index (χ0v) is 14.1. The molecule has 126 valence electrons. The lowest BCUT2D eigenvalue weighted by atomic mass is 10.0. The van der Waals surface area contributed by atoms with Crippen molar-refractivity contribution in [2.75, 3.05) is 5.32 Å². The van der Waals surface area contributed by atoms with Crippen molar-refractivity contribution in [3.63, 3.8) is 0 Å². The summed E-state index contributed by atoms with van der Waals surface area (Å²) in [4.78, 5) is 25.1.